The molecule has 1 aromatic rings. The smallest absolute Gasteiger partial charge is 0.243 e. The minimum Gasteiger partial charge on any atom is -0.396 e. The molecule has 1 fully saturated rings. The van der Waals surface area contributed by atoms with Crippen LogP contribution in [0.15, 0.2) is 4.52 Å². The summed E-state index contributed by atoms with van der Waals surface area (Å²) >= 11 is 0. The highest BCUT2D eigenvalue weighted by Gasteiger charge is 2.21. The lowest BCUT2D eigenvalue weighted by Crippen LogP contribution is -2.13. The molecule has 0 bridgehead atoms. The van der Waals surface area contributed by atoms with E-state index >= 15 is 0 Å². The maximum Gasteiger partial charge on any atom is 0.243 e. The van der Waals surface area contributed by atoms with E-state index in [-0.39, 0.29) is 12.6 Å². The molecule has 0 amide bonds. The van der Waals surface area contributed by atoms with Gasteiger partial charge >= 0.3 is 0 Å². The van der Waals surface area contributed by atoms with E-state index in [1.807, 2.05) is 0 Å². The maximum absolute atomic E-state index is 8.66. The van der Waals surface area contributed by atoms with Crippen molar-refractivity contribution in [1.29, 1.82) is 0 Å². The van der Waals surface area contributed by atoms with E-state index in [1.54, 1.807) is 0 Å². The first-order valence-electron chi connectivity index (χ1n) is 4.57. The fraction of sp³-hybridized carbons (Fsp3) is 0.750. The number of nitrogens with one attached hydrogen (secondary N) is 1. The maximum atomic E-state index is 8.66. The first-order chi connectivity index (χ1) is 6.40. The quantitative estimate of drug-likeness (QED) is 0.691. The molecule has 0 radical (unpaired) electrons. The second kappa shape index (κ2) is 3.85. The zero-order valence-corrected chi connectivity index (χ0v) is 7.36. The zero-order chi connectivity index (χ0) is 9.10. The van der Waals surface area contributed by atoms with Crippen molar-refractivity contribution in [1.82, 2.24) is 15.5 Å². The molecule has 1 aliphatic rings. The predicted molar refractivity (Wildman–Crippen MR) is 45.1 cm³/mol. The van der Waals surface area contributed by atoms with Crippen molar-refractivity contribution in [3.63, 3.8) is 0 Å². The number of aliphatic hydroxyl groups excluding tert-OH is 1. The van der Waals surface area contributed by atoms with Crippen molar-refractivity contribution < 1.29 is 9.63 Å². The Bertz CT molecular complexity index is 268. The highest BCUT2D eigenvalue weighted by Crippen LogP contribution is 2.20. The minimum atomic E-state index is 0.0665. The molecule has 5 nitrogen and oxygen atoms in total. The van der Waals surface area contributed by atoms with Crippen molar-refractivity contribution in [2.75, 3.05) is 13.2 Å². The van der Waals surface area contributed by atoms with Crippen LogP contribution in [0, 0.1) is 0 Å². The summed E-state index contributed by atoms with van der Waals surface area (Å²) in [6.45, 7) is 1.08. The number of hydrogen-bond donors (Lipinski definition) is 2. The van der Waals surface area contributed by atoms with Crippen molar-refractivity contribution in [3.8, 4) is 0 Å². The van der Waals surface area contributed by atoms with Gasteiger partial charge in [-0.25, -0.2) is 0 Å². The molecular formula is C8H13N3O2. The summed E-state index contributed by atoms with van der Waals surface area (Å²) < 4.78 is 5.07. The molecule has 2 heterocycles. The summed E-state index contributed by atoms with van der Waals surface area (Å²) in [4.78, 5) is 4.18. The third-order valence-electron chi connectivity index (χ3n) is 2.18. The Morgan fingerprint density at radius 1 is 1.62 bits per heavy atom. The second-order valence-corrected chi connectivity index (χ2v) is 3.17. The molecule has 1 saturated heterocycles. The molecule has 0 saturated carbocycles. The fourth-order valence-corrected chi connectivity index (χ4v) is 1.51. The molecule has 0 unspecified atom stereocenters. The Hall–Kier alpha value is -0.940. The van der Waals surface area contributed by atoms with Gasteiger partial charge in [0.2, 0.25) is 5.89 Å². The Morgan fingerprint density at radius 3 is 3.23 bits per heavy atom. The van der Waals surface area contributed by atoms with Gasteiger partial charge in [-0.2, -0.15) is 4.98 Å². The summed E-state index contributed by atoms with van der Waals surface area (Å²) in [5, 5.41) is 15.7. The Morgan fingerprint density at radius 2 is 2.54 bits per heavy atom. The molecule has 0 aromatic carbocycles. The molecular weight excluding hydrogens is 170 g/mol. The Balaban J connectivity index is 2.03. The average Bonchev–Trinajstić information content (AvgIpc) is 2.70. The summed E-state index contributed by atoms with van der Waals surface area (Å²) in [6.07, 6.45) is 2.68. The summed E-state index contributed by atoms with van der Waals surface area (Å²) in [5.41, 5.74) is 0. The van der Waals surface area contributed by atoms with Gasteiger partial charge in [-0.05, 0) is 19.4 Å². The lowest BCUT2D eigenvalue weighted by molar-refractivity contribution is 0.291. The van der Waals surface area contributed by atoms with Gasteiger partial charge in [0.25, 0.3) is 0 Å². The van der Waals surface area contributed by atoms with E-state index in [2.05, 4.69) is 15.5 Å². The number of aromatic nitrogens is 2. The average molecular weight is 183 g/mol. The highest BCUT2D eigenvalue weighted by atomic mass is 16.5. The molecule has 72 valence electrons. The van der Waals surface area contributed by atoms with Crippen molar-refractivity contribution >= 4 is 0 Å². The van der Waals surface area contributed by atoms with Crippen LogP contribution in [-0.4, -0.2) is 28.4 Å². The van der Waals surface area contributed by atoms with Crippen LogP contribution in [0.2, 0.25) is 0 Å². The van der Waals surface area contributed by atoms with E-state index in [0.29, 0.717) is 18.1 Å². The first-order valence-corrected chi connectivity index (χ1v) is 4.57. The van der Waals surface area contributed by atoms with E-state index in [4.69, 9.17) is 9.63 Å². The summed E-state index contributed by atoms with van der Waals surface area (Å²) in [6, 6.07) is 0.222. The van der Waals surface area contributed by atoms with Gasteiger partial charge in [0.1, 0.15) is 0 Å². The third-order valence-corrected chi connectivity index (χ3v) is 2.18. The lowest BCUT2D eigenvalue weighted by atomic mass is 10.2. The monoisotopic (exact) mass is 183 g/mol. The van der Waals surface area contributed by atoms with E-state index in [1.165, 1.54) is 0 Å². The summed E-state index contributed by atoms with van der Waals surface area (Å²) in [7, 11) is 0. The molecule has 0 spiro atoms. The predicted octanol–water partition coefficient (Wildman–Crippen LogP) is 0.0289. The third kappa shape index (κ3) is 1.87. The van der Waals surface area contributed by atoms with Crippen molar-refractivity contribution in [2.24, 2.45) is 0 Å². The normalized spacial score (nSPS) is 22.4. The van der Waals surface area contributed by atoms with E-state index in [0.717, 1.165) is 19.4 Å². The lowest BCUT2D eigenvalue weighted by Gasteiger charge is -2.01. The summed E-state index contributed by atoms with van der Waals surface area (Å²) in [5.74, 6) is 1.24. The molecule has 2 rings (SSSR count). The molecule has 1 aliphatic heterocycles. The van der Waals surface area contributed by atoms with Crippen LogP contribution in [0.25, 0.3) is 0 Å². The largest absolute Gasteiger partial charge is 0.396 e. The standard InChI is InChI=1S/C8H13N3O2/c12-5-3-7-10-8(13-11-7)6-2-1-4-9-6/h6,9,12H,1-5H2/t6-/m0/s1. The zero-order valence-electron chi connectivity index (χ0n) is 7.36. The molecule has 0 aliphatic carbocycles. The molecule has 1 aromatic heterocycles. The van der Waals surface area contributed by atoms with E-state index in [9.17, 15) is 0 Å². The van der Waals surface area contributed by atoms with Gasteiger partial charge in [0, 0.05) is 6.42 Å². The van der Waals surface area contributed by atoms with Crippen molar-refractivity contribution in [2.45, 2.75) is 25.3 Å². The minimum absolute atomic E-state index is 0.0665. The van der Waals surface area contributed by atoms with Gasteiger partial charge in [-0.3, -0.25) is 0 Å². The Labute approximate surface area is 76.1 Å². The number of hydrogen-bond acceptors (Lipinski definition) is 5. The van der Waals surface area contributed by atoms with Gasteiger partial charge in [0.15, 0.2) is 5.82 Å². The second-order valence-electron chi connectivity index (χ2n) is 3.17. The van der Waals surface area contributed by atoms with Crippen LogP contribution >= 0.6 is 0 Å². The molecule has 2 N–H and O–H groups in total. The SMILES string of the molecule is OCCc1noc([C@@H]2CCCN2)n1. The van der Waals surface area contributed by atoms with Crippen LogP contribution in [0.4, 0.5) is 0 Å². The van der Waals surface area contributed by atoms with Crippen LogP contribution in [0.1, 0.15) is 30.6 Å². The van der Waals surface area contributed by atoms with Gasteiger partial charge in [-0.15, -0.1) is 0 Å². The molecule has 1 atom stereocenters. The highest BCUT2D eigenvalue weighted by molar-refractivity contribution is 4.95. The van der Waals surface area contributed by atoms with Gasteiger partial charge in [-0.1, -0.05) is 5.16 Å². The topological polar surface area (TPSA) is 71.2 Å². The first kappa shape index (κ1) is 8.65. The van der Waals surface area contributed by atoms with Crippen LogP contribution in [0.3, 0.4) is 0 Å². The fourth-order valence-electron chi connectivity index (χ4n) is 1.51. The molecule has 5 heteroatoms. The van der Waals surface area contributed by atoms with Crippen molar-refractivity contribution in [3.05, 3.63) is 11.7 Å². The van der Waals surface area contributed by atoms with Crippen LogP contribution in [-0.2, 0) is 6.42 Å². The Kier molecular flexibility index (Phi) is 2.56. The van der Waals surface area contributed by atoms with Gasteiger partial charge < -0.3 is 14.9 Å². The number of aliphatic hydroxyl groups is 1. The van der Waals surface area contributed by atoms with Crippen LogP contribution < -0.4 is 5.32 Å². The van der Waals surface area contributed by atoms with Gasteiger partial charge in [0.05, 0.1) is 12.6 Å². The number of nitrogens with zero attached hydrogens (tertiary/aromatic N) is 2. The number of rotatable bonds is 3. The van der Waals surface area contributed by atoms with E-state index < -0.39 is 0 Å². The molecule has 13 heavy (non-hydrogen) atoms. The van der Waals surface area contributed by atoms with Crippen LogP contribution in [0.5, 0.6) is 0 Å².